The number of rotatable bonds is 6. The summed E-state index contributed by atoms with van der Waals surface area (Å²) in [5.41, 5.74) is 0.475. The van der Waals surface area contributed by atoms with Gasteiger partial charge in [0.2, 0.25) is 10.0 Å². The van der Waals surface area contributed by atoms with Crippen molar-refractivity contribution in [2.45, 2.75) is 17.7 Å². The van der Waals surface area contributed by atoms with Gasteiger partial charge in [0.1, 0.15) is 11.6 Å². The Morgan fingerprint density at radius 1 is 1.00 bits per heavy atom. The van der Waals surface area contributed by atoms with E-state index in [4.69, 9.17) is 4.74 Å². The third kappa shape index (κ3) is 4.28. The highest BCUT2D eigenvalue weighted by molar-refractivity contribution is 7.89. The second kappa shape index (κ2) is 8.12. The smallest absolute Gasteiger partial charge is 0.253 e. The molecule has 6 nitrogen and oxygen atoms in total. The van der Waals surface area contributed by atoms with Crippen molar-refractivity contribution in [3.05, 3.63) is 59.9 Å². The summed E-state index contributed by atoms with van der Waals surface area (Å²) in [7, 11) is -3.47. The number of carbonyl (C=O) groups is 1. The van der Waals surface area contributed by atoms with E-state index < -0.39 is 10.0 Å². The Bertz CT molecular complexity index is 965. The van der Waals surface area contributed by atoms with Crippen LogP contribution in [0.4, 0.5) is 4.39 Å². The lowest BCUT2D eigenvalue weighted by Gasteiger charge is -2.39. The SMILES string of the molecule is O=C(c1ccc(S(=O)(=O)N2CCCC2)cc1)N1CC(COc2ccc(F)cc2)C1. The summed E-state index contributed by atoms with van der Waals surface area (Å²) in [6, 6.07) is 12.0. The van der Waals surface area contributed by atoms with Gasteiger partial charge in [-0.05, 0) is 61.4 Å². The number of halogens is 1. The largest absolute Gasteiger partial charge is 0.493 e. The van der Waals surface area contributed by atoms with Gasteiger partial charge in [-0.15, -0.1) is 0 Å². The maximum absolute atomic E-state index is 12.9. The summed E-state index contributed by atoms with van der Waals surface area (Å²) in [4.78, 5) is 14.5. The molecule has 0 unspecified atom stereocenters. The zero-order chi connectivity index (χ0) is 20.4. The highest BCUT2D eigenvalue weighted by Gasteiger charge is 2.32. The number of nitrogens with zero attached hydrogens (tertiary/aromatic N) is 2. The Kier molecular flexibility index (Phi) is 5.56. The van der Waals surface area contributed by atoms with Gasteiger partial charge in [0.25, 0.3) is 5.91 Å². The molecule has 2 aliphatic heterocycles. The van der Waals surface area contributed by atoms with Crippen molar-refractivity contribution in [1.29, 1.82) is 0 Å². The number of benzene rings is 2. The topological polar surface area (TPSA) is 66.9 Å². The number of ether oxygens (including phenoxy) is 1. The van der Waals surface area contributed by atoms with E-state index in [-0.39, 0.29) is 22.5 Å². The van der Waals surface area contributed by atoms with E-state index >= 15 is 0 Å². The van der Waals surface area contributed by atoms with Gasteiger partial charge in [-0.2, -0.15) is 4.31 Å². The van der Waals surface area contributed by atoms with Crippen molar-refractivity contribution in [3.8, 4) is 5.75 Å². The zero-order valence-electron chi connectivity index (χ0n) is 16.0. The monoisotopic (exact) mass is 418 g/mol. The highest BCUT2D eigenvalue weighted by Crippen LogP contribution is 2.24. The summed E-state index contributed by atoms with van der Waals surface area (Å²) in [6.45, 7) is 2.72. The standard InChI is InChI=1S/C21H23FN2O4S/c22-18-5-7-19(8-6-18)28-15-16-13-23(14-16)21(25)17-3-9-20(10-4-17)29(26,27)24-11-1-2-12-24/h3-10,16H,1-2,11-15H2. The highest BCUT2D eigenvalue weighted by atomic mass is 32.2. The van der Waals surface area contributed by atoms with Gasteiger partial charge in [0.05, 0.1) is 11.5 Å². The lowest BCUT2D eigenvalue weighted by molar-refractivity contribution is 0.0393. The molecule has 2 aromatic carbocycles. The zero-order valence-corrected chi connectivity index (χ0v) is 16.8. The Morgan fingerprint density at radius 3 is 2.24 bits per heavy atom. The van der Waals surface area contributed by atoms with Crippen LogP contribution in [0.15, 0.2) is 53.4 Å². The van der Waals surface area contributed by atoms with Crippen molar-refractivity contribution in [1.82, 2.24) is 9.21 Å². The molecule has 0 aromatic heterocycles. The lowest BCUT2D eigenvalue weighted by atomic mass is 10.00. The van der Waals surface area contributed by atoms with Crippen molar-refractivity contribution >= 4 is 15.9 Å². The molecule has 2 aliphatic rings. The number of hydrogen-bond acceptors (Lipinski definition) is 4. The molecule has 29 heavy (non-hydrogen) atoms. The fourth-order valence-corrected chi connectivity index (χ4v) is 5.13. The molecule has 8 heteroatoms. The molecule has 2 fully saturated rings. The second-order valence-electron chi connectivity index (χ2n) is 7.48. The Balaban J connectivity index is 1.30. The molecule has 2 saturated heterocycles. The molecule has 0 bridgehead atoms. The van der Waals surface area contributed by atoms with Crippen LogP contribution in [0, 0.1) is 11.7 Å². The first-order chi connectivity index (χ1) is 13.9. The molecule has 2 heterocycles. The molecule has 4 rings (SSSR count). The number of hydrogen-bond donors (Lipinski definition) is 0. The first-order valence-corrected chi connectivity index (χ1v) is 11.2. The predicted molar refractivity (Wildman–Crippen MR) is 106 cm³/mol. The molecule has 0 radical (unpaired) electrons. The lowest BCUT2D eigenvalue weighted by Crippen LogP contribution is -2.52. The van der Waals surface area contributed by atoms with Crippen LogP contribution in [-0.4, -0.2) is 56.3 Å². The first-order valence-electron chi connectivity index (χ1n) is 9.71. The Hall–Kier alpha value is -2.45. The van der Waals surface area contributed by atoms with Crippen LogP contribution in [0.3, 0.4) is 0 Å². The summed E-state index contributed by atoms with van der Waals surface area (Å²) in [5, 5.41) is 0. The average Bonchev–Trinajstić information content (AvgIpc) is 3.24. The van der Waals surface area contributed by atoms with E-state index in [0.717, 1.165) is 12.8 Å². The average molecular weight is 418 g/mol. The predicted octanol–water partition coefficient (Wildman–Crippen LogP) is 2.76. The molecular weight excluding hydrogens is 395 g/mol. The number of carbonyl (C=O) groups excluding carboxylic acids is 1. The summed E-state index contributed by atoms with van der Waals surface area (Å²) in [5.74, 6) is 0.398. The van der Waals surface area contributed by atoms with Crippen LogP contribution < -0.4 is 4.74 Å². The molecule has 0 atom stereocenters. The van der Waals surface area contributed by atoms with Crippen LogP contribution in [0.1, 0.15) is 23.2 Å². The third-order valence-corrected chi connectivity index (χ3v) is 7.26. The van der Waals surface area contributed by atoms with Crippen molar-refractivity contribution in [2.24, 2.45) is 5.92 Å². The van der Waals surface area contributed by atoms with Gasteiger partial charge >= 0.3 is 0 Å². The van der Waals surface area contributed by atoms with Crippen LogP contribution >= 0.6 is 0 Å². The van der Waals surface area contributed by atoms with E-state index in [9.17, 15) is 17.6 Å². The quantitative estimate of drug-likeness (QED) is 0.724. The molecule has 0 spiro atoms. The molecular formula is C21H23FN2O4S. The van der Waals surface area contributed by atoms with E-state index in [0.29, 0.717) is 44.1 Å². The molecule has 0 N–H and O–H groups in total. The summed E-state index contributed by atoms with van der Waals surface area (Å²) >= 11 is 0. The Labute approximate surface area is 169 Å². The minimum Gasteiger partial charge on any atom is -0.493 e. The molecule has 0 aliphatic carbocycles. The number of amides is 1. The molecule has 0 saturated carbocycles. The minimum absolute atomic E-state index is 0.117. The number of likely N-dealkylation sites (tertiary alicyclic amines) is 1. The van der Waals surface area contributed by atoms with Gasteiger partial charge in [0.15, 0.2) is 0 Å². The summed E-state index contributed by atoms with van der Waals surface area (Å²) < 4.78 is 45.1. The van der Waals surface area contributed by atoms with Crippen LogP contribution in [0.25, 0.3) is 0 Å². The molecule has 1 amide bonds. The van der Waals surface area contributed by atoms with E-state index in [1.807, 2.05) is 0 Å². The number of sulfonamides is 1. The van der Waals surface area contributed by atoms with Gasteiger partial charge in [-0.1, -0.05) is 0 Å². The third-order valence-electron chi connectivity index (χ3n) is 5.35. The van der Waals surface area contributed by atoms with Crippen molar-refractivity contribution in [2.75, 3.05) is 32.8 Å². The van der Waals surface area contributed by atoms with Gasteiger partial charge in [-0.25, -0.2) is 12.8 Å². The molecule has 154 valence electrons. The van der Waals surface area contributed by atoms with Gasteiger partial charge < -0.3 is 9.64 Å². The fraction of sp³-hybridized carbons (Fsp3) is 0.381. The van der Waals surface area contributed by atoms with E-state index in [1.54, 1.807) is 29.2 Å². The minimum atomic E-state index is -3.47. The normalized spacial score (nSPS) is 17.9. The van der Waals surface area contributed by atoms with E-state index in [1.165, 1.54) is 28.6 Å². The van der Waals surface area contributed by atoms with E-state index in [2.05, 4.69) is 0 Å². The van der Waals surface area contributed by atoms with Crippen LogP contribution in [-0.2, 0) is 10.0 Å². The first kappa shape index (κ1) is 19.8. The van der Waals surface area contributed by atoms with Gasteiger partial charge in [0, 0.05) is 37.7 Å². The van der Waals surface area contributed by atoms with Crippen LogP contribution in [0.5, 0.6) is 5.75 Å². The Morgan fingerprint density at radius 2 is 1.62 bits per heavy atom. The summed E-state index contributed by atoms with van der Waals surface area (Å²) in [6.07, 6.45) is 1.77. The van der Waals surface area contributed by atoms with Gasteiger partial charge in [-0.3, -0.25) is 4.79 Å². The maximum atomic E-state index is 12.9. The second-order valence-corrected chi connectivity index (χ2v) is 9.41. The van der Waals surface area contributed by atoms with Crippen molar-refractivity contribution in [3.63, 3.8) is 0 Å². The maximum Gasteiger partial charge on any atom is 0.253 e. The van der Waals surface area contributed by atoms with Crippen LogP contribution in [0.2, 0.25) is 0 Å². The fourth-order valence-electron chi connectivity index (χ4n) is 3.62. The molecule has 2 aromatic rings. The van der Waals surface area contributed by atoms with Crippen molar-refractivity contribution < 1.29 is 22.3 Å².